The Morgan fingerprint density at radius 2 is 1.83 bits per heavy atom. The molecule has 8 nitrogen and oxygen atoms in total. The van der Waals surface area contributed by atoms with Gasteiger partial charge in [-0.05, 0) is 51.5 Å². The van der Waals surface area contributed by atoms with Crippen LogP contribution in [0.25, 0.3) is 11.5 Å². The number of halogens is 2. The molecule has 0 spiro atoms. The van der Waals surface area contributed by atoms with Gasteiger partial charge in [0.2, 0.25) is 0 Å². The number of ether oxygens (including phenoxy) is 1. The first-order chi connectivity index (χ1) is 17.0. The minimum atomic E-state index is -1.46. The molecule has 0 aliphatic rings. The lowest BCUT2D eigenvalue weighted by molar-refractivity contribution is 0.0769. The van der Waals surface area contributed by atoms with Crippen molar-refractivity contribution in [2.24, 2.45) is 0 Å². The molecule has 4 heterocycles. The van der Waals surface area contributed by atoms with Crippen molar-refractivity contribution in [3.63, 3.8) is 0 Å². The first-order valence-electron chi connectivity index (χ1n) is 11.0. The molecule has 4 rings (SSSR count). The quantitative estimate of drug-likeness (QED) is 0.421. The van der Waals surface area contributed by atoms with E-state index in [1.165, 1.54) is 53.4 Å². The van der Waals surface area contributed by atoms with Gasteiger partial charge in [0.05, 0.1) is 33.8 Å². The Morgan fingerprint density at radius 3 is 2.47 bits per heavy atom. The lowest BCUT2D eigenvalue weighted by Gasteiger charge is -2.20. The molecule has 0 aliphatic carbocycles. The summed E-state index contributed by atoms with van der Waals surface area (Å²) in [7, 11) is 0. The highest BCUT2D eigenvalue weighted by Gasteiger charge is 2.25. The van der Waals surface area contributed by atoms with Gasteiger partial charge in [-0.15, -0.1) is 0 Å². The van der Waals surface area contributed by atoms with Crippen LogP contribution in [0.2, 0.25) is 5.02 Å². The van der Waals surface area contributed by atoms with Crippen molar-refractivity contribution < 1.29 is 14.2 Å². The number of hydrogen-bond acceptors (Lipinski definition) is 6. The van der Waals surface area contributed by atoms with Gasteiger partial charge in [0.15, 0.2) is 0 Å². The number of aliphatic hydroxyl groups is 1. The molecule has 0 radical (unpaired) electrons. The van der Waals surface area contributed by atoms with Crippen LogP contribution in [0.5, 0.6) is 5.75 Å². The van der Waals surface area contributed by atoms with Gasteiger partial charge >= 0.3 is 0 Å². The van der Waals surface area contributed by atoms with E-state index >= 15 is 0 Å². The first-order valence-corrected chi connectivity index (χ1v) is 11.4. The molecule has 0 aliphatic heterocycles. The molecule has 0 atom stereocenters. The van der Waals surface area contributed by atoms with Gasteiger partial charge in [0.25, 0.3) is 11.1 Å². The molecule has 0 bridgehead atoms. The summed E-state index contributed by atoms with van der Waals surface area (Å²) in [6.07, 6.45) is 4.13. The summed E-state index contributed by atoms with van der Waals surface area (Å²) in [5, 5.41) is 10.6. The van der Waals surface area contributed by atoms with Gasteiger partial charge in [-0.25, -0.2) is 9.37 Å². The van der Waals surface area contributed by atoms with Crippen LogP contribution in [0.1, 0.15) is 36.4 Å². The largest absolute Gasteiger partial charge is 0.487 e. The first kappa shape index (κ1) is 25.3. The van der Waals surface area contributed by atoms with Crippen molar-refractivity contribution in [2.75, 3.05) is 0 Å². The molecule has 0 saturated carbocycles. The third kappa shape index (κ3) is 5.07. The maximum atomic E-state index is 13.1. The summed E-state index contributed by atoms with van der Waals surface area (Å²) in [6, 6.07) is 8.97. The van der Waals surface area contributed by atoms with Crippen molar-refractivity contribution in [1.29, 1.82) is 0 Å². The SMILES string of the molecule is Cc1cnc(-n2ccc(Cl)c(C(C)(C)O)c2=O)cc1-n1c(C)cc(OCc2ccc(F)cn2)cc1=O. The second-order valence-corrected chi connectivity index (χ2v) is 9.27. The van der Waals surface area contributed by atoms with Crippen LogP contribution in [0.3, 0.4) is 0 Å². The Balaban J connectivity index is 1.72. The summed E-state index contributed by atoms with van der Waals surface area (Å²) in [4.78, 5) is 34.5. The topological polar surface area (TPSA) is 99.2 Å². The van der Waals surface area contributed by atoms with Crippen molar-refractivity contribution in [3.05, 3.63) is 109 Å². The molecular weight excluding hydrogens is 487 g/mol. The van der Waals surface area contributed by atoms with Crippen LogP contribution in [0, 0.1) is 19.7 Å². The zero-order valence-corrected chi connectivity index (χ0v) is 20.9. The molecule has 0 amide bonds. The molecule has 4 aromatic heterocycles. The average molecular weight is 511 g/mol. The second-order valence-electron chi connectivity index (χ2n) is 8.86. The summed E-state index contributed by atoms with van der Waals surface area (Å²) in [5.41, 5.74) is 0.0618. The Bertz CT molecular complexity index is 1560. The molecule has 36 heavy (non-hydrogen) atoms. The molecule has 4 aromatic rings. The van der Waals surface area contributed by atoms with Crippen LogP contribution in [0.15, 0.2) is 64.6 Å². The molecule has 186 valence electrons. The highest BCUT2D eigenvalue weighted by molar-refractivity contribution is 6.31. The number of hydrogen-bond donors (Lipinski definition) is 1. The molecule has 0 fully saturated rings. The Kier molecular flexibility index (Phi) is 6.79. The predicted octanol–water partition coefficient (Wildman–Crippen LogP) is 3.99. The maximum Gasteiger partial charge on any atom is 0.263 e. The summed E-state index contributed by atoms with van der Waals surface area (Å²) in [6.45, 7) is 6.59. The van der Waals surface area contributed by atoms with E-state index in [9.17, 15) is 19.1 Å². The monoisotopic (exact) mass is 510 g/mol. The van der Waals surface area contributed by atoms with E-state index in [1.54, 1.807) is 32.2 Å². The third-order valence-electron chi connectivity index (χ3n) is 5.57. The number of rotatable bonds is 6. The zero-order chi connectivity index (χ0) is 26.2. The number of pyridine rings is 4. The minimum Gasteiger partial charge on any atom is -0.487 e. The van der Waals surface area contributed by atoms with Gasteiger partial charge in [-0.2, -0.15) is 0 Å². The Labute approximate surface area is 211 Å². The van der Waals surface area contributed by atoms with Gasteiger partial charge < -0.3 is 9.84 Å². The van der Waals surface area contributed by atoms with Gasteiger partial charge in [0.1, 0.15) is 24.0 Å². The van der Waals surface area contributed by atoms with E-state index in [0.29, 0.717) is 28.4 Å². The van der Waals surface area contributed by atoms with Crippen LogP contribution in [-0.2, 0) is 12.2 Å². The van der Waals surface area contributed by atoms with Gasteiger partial charge in [0, 0.05) is 36.3 Å². The van der Waals surface area contributed by atoms with E-state index < -0.39 is 17.0 Å². The molecule has 1 N–H and O–H groups in total. The molecule has 0 saturated heterocycles. The van der Waals surface area contributed by atoms with Crippen molar-refractivity contribution >= 4 is 11.6 Å². The second kappa shape index (κ2) is 9.67. The molecule has 10 heteroatoms. The fraction of sp³-hybridized carbons (Fsp3) is 0.231. The summed E-state index contributed by atoms with van der Waals surface area (Å²) >= 11 is 6.18. The van der Waals surface area contributed by atoms with Crippen LogP contribution >= 0.6 is 11.6 Å². The van der Waals surface area contributed by atoms with Gasteiger partial charge in [-0.1, -0.05) is 11.6 Å². The molecule has 0 unspecified atom stereocenters. The van der Waals surface area contributed by atoms with E-state index in [2.05, 4.69) is 9.97 Å². The maximum absolute atomic E-state index is 13.1. The highest BCUT2D eigenvalue weighted by atomic mass is 35.5. The minimum absolute atomic E-state index is 0.0427. The normalized spacial score (nSPS) is 11.5. The van der Waals surface area contributed by atoms with E-state index in [0.717, 1.165) is 6.20 Å². The number of aryl methyl sites for hydroxylation is 2. The van der Waals surface area contributed by atoms with Crippen LogP contribution in [0.4, 0.5) is 4.39 Å². The van der Waals surface area contributed by atoms with E-state index in [4.69, 9.17) is 16.3 Å². The standard InChI is InChI=1S/C26H24ClFN4O4/c1-15-12-30-22(31-8-7-20(27)24(25(31)34)26(3,4)35)11-21(15)32-16(2)9-19(10-23(32)33)36-14-18-6-5-17(28)13-29-18/h5-13,35H,14H2,1-4H3. The van der Waals surface area contributed by atoms with Crippen molar-refractivity contribution in [1.82, 2.24) is 19.1 Å². The summed E-state index contributed by atoms with van der Waals surface area (Å²) < 4.78 is 21.5. The average Bonchev–Trinajstić information content (AvgIpc) is 2.79. The van der Waals surface area contributed by atoms with Crippen LogP contribution in [-0.4, -0.2) is 24.2 Å². The number of nitrogens with zero attached hydrogens (tertiary/aromatic N) is 4. The fourth-order valence-corrected chi connectivity index (χ4v) is 4.20. The molecular formula is C26H24ClFN4O4. The van der Waals surface area contributed by atoms with E-state index in [-0.39, 0.29) is 28.6 Å². The number of aromatic nitrogens is 4. The van der Waals surface area contributed by atoms with Crippen molar-refractivity contribution in [3.8, 4) is 17.3 Å². The lowest BCUT2D eigenvalue weighted by atomic mass is 10.00. The zero-order valence-electron chi connectivity index (χ0n) is 20.1. The van der Waals surface area contributed by atoms with Crippen LogP contribution < -0.4 is 15.9 Å². The van der Waals surface area contributed by atoms with Crippen molar-refractivity contribution in [2.45, 2.75) is 39.9 Å². The third-order valence-corrected chi connectivity index (χ3v) is 5.88. The van der Waals surface area contributed by atoms with Gasteiger partial charge in [-0.3, -0.25) is 23.7 Å². The lowest BCUT2D eigenvalue weighted by Crippen LogP contribution is -2.32. The predicted molar refractivity (Wildman–Crippen MR) is 134 cm³/mol. The fourth-order valence-electron chi connectivity index (χ4n) is 3.84. The van der Waals surface area contributed by atoms with E-state index in [1.807, 2.05) is 0 Å². The Morgan fingerprint density at radius 1 is 1.08 bits per heavy atom. The smallest absolute Gasteiger partial charge is 0.263 e. The highest BCUT2D eigenvalue weighted by Crippen LogP contribution is 2.25. The Hall–Kier alpha value is -3.82. The summed E-state index contributed by atoms with van der Waals surface area (Å²) in [5.74, 6) is 0.161. The molecule has 0 aromatic carbocycles.